The molecule has 0 spiro atoms. The Kier molecular flexibility index (Phi) is 5.71. The van der Waals surface area contributed by atoms with Crippen molar-refractivity contribution >= 4 is 23.7 Å². The van der Waals surface area contributed by atoms with E-state index in [1.54, 1.807) is 12.1 Å². The Morgan fingerprint density at radius 2 is 1.68 bits per heavy atom. The molecule has 2 N–H and O–H groups in total. The topological polar surface area (TPSA) is 109 Å². The van der Waals surface area contributed by atoms with Crippen LogP contribution in [-0.2, 0) is 20.7 Å². The van der Waals surface area contributed by atoms with Crippen molar-refractivity contribution < 1.29 is 24.2 Å². The van der Waals surface area contributed by atoms with E-state index in [1.165, 1.54) is 11.1 Å². The molecule has 34 heavy (non-hydrogen) atoms. The number of aliphatic carboxylic acids is 1. The zero-order valence-corrected chi connectivity index (χ0v) is 18.3. The molecular formula is C26H23N3O5. The van der Waals surface area contributed by atoms with Gasteiger partial charge in [-0.2, -0.15) is 0 Å². The first-order valence-electron chi connectivity index (χ1n) is 11.1. The average molecular weight is 457 g/mol. The summed E-state index contributed by atoms with van der Waals surface area (Å²) in [6.07, 6.45) is 1.35. The molecule has 0 saturated carbocycles. The number of hydrogen-bond acceptors (Lipinski definition) is 5. The van der Waals surface area contributed by atoms with Crippen LogP contribution in [0.4, 0.5) is 10.5 Å². The summed E-state index contributed by atoms with van der Waals surface area (Å²) in [6.45, 7) is 0.650. The first-order valence-corrected chi connectivity index (χ1v) is 11.1. The number of carbonyl (C=O) groups is 3. The summed E-state index contributed by atoms with van der Waals surface area (Å²) >= 11 is 0. The van der Waals surface area contributed by atoms with Gasteiger partial charge in [-0.1, -0.05) is 48.5 Å². The minimum Gasteiger partial charge on any atom is -0.480 e. The monoisotopic (exact) mass is 457 g/mol. The highest BCUT2D eigenvalue weighted by molar-refractivity contribution is 5.87. The van der Waals surface area contributed by atoms with Crippen LogP contribution in [0.3, 0.4) is 0 Å². The molecule has 172 valence electrons. The number of pyridine rings is 1. The molecule has 8 heteroatoms. The fraction of sp³-hybridized carbons (Fsp3) is 0.231. The maximum Gasteiger partial charge on any atom is 0.411 e. The molecule has 0 bridgehead atoms. The molecule has 2 aromatic carbocycles. The van der Waals surface area contributed by atoms with Crippen LogP contribution in [0, 0.1) is 0 Å². The molecule has 5 rings (SSSR count). The summed E-state index contributed by atoms with van der Waals surface area (Å²) < 4.78 is 5.53. The second-order valence-electron chi connectivity index (χ2n) is 8.40. The number of carboxylic acid groups (broad SMARTS) is 1. The van der Waals surface area contributed by atoms with Crippen molar-refractivity contribution in [2.45, 2.75) is 24.8 Å². The Morgan fingerprint density at radius 3 is 2.24 bits per heavy atom. The summed E-state index contributed by atoms with van der Waals surface area (Å²) in [6, 6.07) is 18.8. The summed E-state index contributed by atoms with van der Waals surface area (Å²) in [5, 5.41) is 11.8. The van der Waals surface area contributed by atoms with E-state index in [0.29, 0.717) is 24.3 Å². The van der Waals surface area contributed by atoms with Gasteiger partial charge in [0.2, 0.25) is 5.91 Å². The minimum atomic E-state index is -0.991. The number of carbonyl (C=O) groups excluding carboxylic acids is 2. The maximum atomic E-state index is 12.4. The highest BCUT2D eigenvalue weighted by Crippen LogP contribution is 2.44. The number of nitrogens with zero attached hydrogens (tertiary/aromatic N) is 2. The van der Waals surface area contributed by atoms with Crippen LogP contribution in [0.25, 0.3) is 11.1 Å². The molecule has 2 aliphatic rings. The van der Waals surface area contributed by atoms with E-state index in [4.69, 9.17) is 9.84 Å². The number of ether oxygens (including phenoxy) is 1. The summed E-state index contributed by atoms with van der Waals surface area (Å²) in [4.78, 5) is 41.4. The zero-order chi connectivity index (χ0) is 23.7. The minimum absolute atomic E-state index is 0.00893. The highest BCUT2D eigenvalue weighted by atomic mass is 16.5. The summed E-state index contributed by atoms with van der Waals surface area (Å²) in [5.41, 5.74) is 5.54. The molecular weight excluding hydrogens is 434 g/mol. The van der Waals surface area contributed by atoms with Crippen LogP contribution >= 0.6 is 0 Å². The van der Waals surface area contributed by atoms with Gasteiger partial charge in [-0.15, -0.1) is 0 Å². The zero-order valence-electron chi connectivity index (χ0n) is 18.3. The molecule has 0 radical (unpaired) electrons. The average Bonchev–Trinajstić information content (AvgIpc) is 3.12. The Balaban J connectivity index is 1.17. The van der Waals surface area contributed by atoms with Crippen molar-refractivity contribution in [2.24, 2.45) is 0 Å². The van der Waals surface area contributed by atoms with Gasteiger partial charge in [-0.3, -0.25) is 15.1 Å². The van der Waals surface area contributed by atoms with Gasteiger partial charge in [0, 0.05) is 18.2 Å². The van der Waals surface area contributed by atoms with E-state index in [2.05, 4.69) is 34.6 Å². The molecule has 1 unspecified atom stereocenters. The number of carboxylic acids is 1. The summed E-state index contributed by atoms with van der Waals surface area (Å²) in [7, 11) is 0. The van der Waals surface area contributed by atoms with Crippen LogP contribution in [0.1, 0.15) is 29.2 Å². The van der Waals surface area contributed by atoms with Crippen LogP contribution < -0.4 is 5.32 Å². The van der Waals surface area contributed by atoms with Gasteiger partial charge in [-0.05, 0) is 40.8 Å². The molecule has 3 aromatic rings. The van der Waals surface area contributed by atoms with Crippen LogP contribution in [0.5, 0.6) is 0 Å². The van der Waals surface area contributed by atoms with Crippen molar-refractivity contribution in [1.29, 1.82) is 0 Å². The predicted molar refractivity (Wildman–Crippen MR) is 124 cm³/mol. The van der Waals surface area contributed by atoms with Crippen molar-refractivity contribution in [3.05, 3.63) is 83.7 Å². The number of likely N-dealkylation sites (tertiary alicyclic amines) is 1. The predicted octanol–water partition coefficient (Wildman–Crippen LogP) is 3.67. The Hall–Kier alpha value is -4.20. The van der Waals surface area contributed by atoms with Crippen LogP contribution in [0.15, 0.2) is 66.9 Å². The molecule has 1 aliphatic heterocycles. The van der Waals surface area contributed by atoms with Crippen molar-refractivity contribution in [3.8, 4) is 11.1 Å². The quantitative estimate of drug-likeness (QED) is 0.585. The maximum absolute atomic E-state index is 12.4. The van der Waals surface area contributed by atoms with Gasteiger partial charge in [0.25, 0.3) is 0 Å². The van der Waals surface area contributed by atoms with Crippen LogP contribution in [0.2, 0.25) is 0 Å². The normalized spacial score (nSPS) is 16.2. The van der Waals surface area contributed by atoms with E-state index in [1.807, 2.05) is 24.3 Å². The third kappa shape index (κ3) is 4.10. The van der Waals surface area contributed by atoms with Crippen LogP contribution in [-0.4, -0.2) is 52.2 Å². The van der Waals surface area contributed by atoms with Crippen molar-refractivity contribution in [2.75, 3.05) is 18.5 Å². The van der Waals surface area contributed by atoms with Gasteiger partial charge < -0.3 is 14.7 Å². The fourth-order valence-corrected chi connectivity index (χ4v) is 4.55. The third-order valence-corrected chi connectivity index (χ3v) is 6.37. The molecule has 2 amide bonds. The lowest BCUT2D eigenvalue weighted by molar-refractivity contribution is -0.156. The van der Waals surface area contributed by atoms with E-state index >= 15 is 0 Å². The standard InChI is InChI=1S/C26H23N3O5/c30-24(29-12-11-23(29)25(31)32)13-16-9-10-17(14-27-16)28-26(33)34-15-22-20-7-3-1-5-18(20)19-6-2-4-8-21(19)22/h1-10,14,22-23H,11-13,15H2,(H,28,33)(H,31,32). The molecule has 8 nitrogen and oxygen atoms in total. The Labute approximate surface area is 196 Å². The number of fused-ring (bicyclic) bond motifs is 3. The first-order chi connectivity index (χ1) is 16.5. The second-order valence-corrected chi connectivity index (χ2v) is 8.40. The third-order valence-electron chi connectivity index (χ3n) is 6.37. The van der Waals surface area contributed by atoms with E-state index < -0.39 is 18.1 Å². The molecule has 1 aromatic heterocycles. The number of nitrogens with one attached hydrogen (secondary N) is 1. The number of aromatic nitrogens is 1. The Bertz CT molecular complexity index is 1210. The summed E-state index contributed by atoms with van der Waals surface area (Å²) in [5.74, 6) is -1.29. The highest BCUT2D eigenvalue weighted by Gasteiger charge is 2.37. The lowest BCUT2D eigenvalue weighted by Gasteiger charge is -2.37. The lowest BCUT2D eigenvalue weighted by Crippen LogP contribution is -2.55. The van der Waals surface area contributed by atoms with E-state index in [0.717, 1.165) is 22.3 Å². The van der Waals surface area contributed by atoms with Crippen molar-refractivity contribution in [1.82, 2.24) is 9.88 Å². The molecule has 1 aliphatic carbocycles. The van der Waals surface area contributed by atoms with Gasteiger partial charge in [0.1, 0.15) is 12.6 Å². The van der Waals surface area contributed by atoms with E-state index in [9.17, 15) is 14.4 Å². The van der Waals surface area contributed by atoms with Gasteiger partial charge in [-0.25, -0.2) is 9.59 Å². The smallest absolute Gasteiger partial charge is 0.411 e. The number of anilines is 1. The van der Waals surface area contributed by atoms with E-state index in [-0.39, 0.29) is 24.9 Å². The second kappa shape index (κ2) is 8.97. The Morgan fingerprint density at radius 1 is 1.00 bits per heavy atom. The molecule has 1 atom stereocenters. The fourth-order valence-electron chi connectivity index (χ4n) is 4.55. The number of amides is 2. The van der Waals surface area contributed by atoms with Crippen molar-refractivity contribution in [3.63, 3.8) is 0 Å². The SMILES string of the molecule is O=C(Nc1ccc(CC(=O)N2CCC2C(=O)O)nc1)OCC1c2ccccc2-c2ccccc21. The molecule has 2 heterocycles. The first kappa shape index (κ1) is 21.6. The number of benzene rings is 2. The van der Waals surface area contributed by atoms with Gasteiger partial charge in [0.05, 0.1) is 18.3 Å². The van der Waals surface area contributed by atoms with Gasteiger partial charge >= 0.3 is 12.1 Å². The lowest BCUT2D eigenvalue weighted by atomic mass is 9.98. The number of rotatable bonds is 6. The molecule has 1 saturated heterocycles. The van der Waals surface area contributed by atoms with Gasteiger partial charge in [0.15, 0.2) is 0 Å². The number of hydrogen-bond donors (Lipinski definition) is 2. The molecule has 1 fully saturated rings. The largest absolute Gasteiger partial charge is 0.480 e.